The second-order valence-electron chi connectivity index (χ2n) is 7.81. The zero-order chi connectivity index (χ0) is 26.2. The third-order valence-electron chi connectivity index (χ3n) is 5.26. The topological polar surface area (TPSA) is 77.1 Å². The highest BCUT2D eigenvalue weighted by Crippen LogP contribution is 2.42. The Balaban J connectivity index is 2.04. The van der Waals surface area contributed by atoms with Gasteiger partial charge in [-0.3, -0.25) is 4.72 Å². The van der Waals surface area contributed by atoms with Crippen LogP contribution in [0.25, 0.3) is 0 Å². The van der Waals surface area contributed by atoms with E-state index < -0.39 is 55.9 Å². The molecule has 35 heavy (non-hydrogen) atoms. The quantitative estimate of drug-likeness (QED) is 0.529. The minimum absolute atomic E-state index is 0.289. The van der Waals surface area contributed by atoms with Crippen LogP contribution in [0.4, 0.5) is 32.0 Å². The smallest absolute Gasteiger partial charge is 0.419 e. The Labute approximate surface area is 197 Å². The van der Waals surface area contributed by atoms with Gasteiger partial charge in [0.25, 0.3) is 10.0 Å². The number of anilines is 1. The number of benzene rings is 2. The summed E-state index contributed by atoms with van der Waals surface area (Å²) in [7, 11) is -0.987. The molecule has 194 valence electrons. The van der Waals surface area contributed by atoms with Crippen molar-refractivity contribution in [3.8, 4) is 17.2 Å². The fourth-order valence-electron chi connectivity index (χ4n) is 3.60. The number of likely N-dealkylation sites (tertiary alicyclic amines) is 1. The Morgan fingerprint density at radius 3 is 2.03 bits per heavy atom. The molecule has 1 atom stereocenters. The number of ether oxygens (including phenoxy) is 3. The number of rotatable bonds is 7. The van der Waals surface area contributed by atoms with E-state index >= 15 is 0 Å². The lowest BCUT2D eigenvalue weighted by atomic mass is 10.1. The molecule has 0 amide bonds. The molecule has 0 bridgehead atoms. The molecule has 1 fully saturated rings. The lowest BCUT2D eigenvalue weighted by Crippen LogP contribution is -2.23. The van der Waals surface area contributed by atoms with Crippen molar-refractivity contribution in [2.45, 2.75) is 29.8 Å². The molecule has 0 radical (unpaired) electrons. The molecule has 1 N–H and O–H groups in total. The van der Waals surface area contributed by atoms with Gasteiger partial charge in [-0.15, -0.1) is 0 Å². The maximum Gasteiger partial charge on any atom is 0.419 e. The molecule has 1 aliphatic rings. The number of likely N-dealkylation sites (N-methyl/N-ethyl adjacent to an activating group) is 1. The van der Waals surface area contributed by atoms with Crippen molar-refractivity contribution in [2.75, 3.05) is 39.1 Å². The summed E-state index contributed by atoms with van der Waals surface area (Å²) in [6, 6.07) is 3.28. The highest BCUT2D eigenvalue weighted by molar-refractivity contribution is 7.92. The average Bonchev–Trinajstić information content (AvgIpc) is 3.15. The van der Waals surface area contributed by atoms with Crippen molar-refractivity contribution >= 4 is 15.7 Å². The van der Waals surface area contributed by atoms with Crippen LogP contribution in [0, 0.1) is 0 Å². The normalized spacial score (nSPS) is 17.3. The van der Waals surface area contributed by atoms with Crippen molar-refractivity contribution in [1.82, 2.24) is 4.90 Å². The standard InChI is InChI=1S/C21H22F6N2O5S/c1-29-7-6-13(11-29)34-16-8-12(4-5-14(16)20(22,23)24)28-35(30,31)19-10-18(33-3)17(32-2)9-15(19)21(25,26)27/h4-5,8-10,13,28H,6-7,11H2,1-3H3/t13-/m1/s1. The lowest BCUT2D eigenvalue weighted by molar-refractivity contribution is -0.140. The van der Waals surface area contributed by atoms with E-state index in [0.717, 1.165) is 26.4 Å². The zero-order valence-corrected chi connectivity index (χ0v) is 19.6. The predicted molar refractivity (Wildman–Crippen MR) is 113 cm³/mol. The first kappa shape index (κ1) is 26.7. The molecule has 14 heteroatoms. The summed E-state index contributed by atoms with van der Waals surface area (Å²) < 4.78 is 124. The van der Waals surface area contributed by atoms with Crippen molar-refractivity contribution < 1.29 is 49.0 Å². The Hall–Kier alpha value is -2.87. The van der Waals surface area contributed by atoms with Crippen LogP contribution in [-0.2, 0) is 22.4 Å². The third-order valence-corrected chi connectivity index (χ3v) is 6.68. The van der Waals surface area contributed by atoms with Crippen molar-refractivity contribution in [3.05, 3.63) is 41.5 Å². The van der Waals surface area contributed by atoms with Crippen LogP contribution in [0.2, 0.25) is 0 Å². The number of hydrogen-bond acceptors (Lipinski definition) is 6. The van der Waals surface area contributed by atoms with Gasteiger partial charge >= 0.3 is 12.4 Å². The van der Waals surface area contributed by atoms with E-state index in [-0.39, 0.29) is 11.5 Å². The summed E-state index contributed by atoms with van der Waals surface area (Å²) >= 11 is 0. The van der Waals surface area contributed by atoms with Gasteiger partial charge in [-0.1, -0.05) is 0 Å². The highest BCUT2D eigenvalue weighted by Gasteiger charge is 2.40. The van der Waals surface area contributed by atoms with E-state index in [9.17, 15) is 34.8 Å². The summed E-state index contributed by atoms with van der Waals surface area (Å²) in [5, 5.41) is 0. The van der Waals surface area contributed by atoms with Gasteiger partial charge in [-0.05, 0) is 31.7 Å². The number of methoxy groups -OCH3 is 2. The Kier molecular flexibility index (Phi) is 7.37. The van der Waals surface area contributed by atoms with Crippen LogP contribution >= 0.6 is 0 Å². The number of nitrogens with one attached hydrogen (secondary N) is 1. The van der Waals surface area contributed by atoms with E-state index in [4.69, 9.17) is 14.2 Å². The Morgan fingerprint density at radius 2 is 1.51 bits per heavy atom. The van der Waals surface area contributed by atoms with Crippen molar-refractivity contribution in [1.29, 1.82) is 0 Å². The molecule has 1 aliphatic heterocycles. The SMILES string of the molecule is COc1cc(C(F)(F)F)c(S(=O)(=O)Nc2ccc(C(F)(F)F)c(O[C@@H]3CCN(C)C3)c2)cc1OC. The van der Waals surface area contributed by atoms with E-state index in [1.54, 1.807) is 7.05 Å². The maximum atomic E-state index is 13.6. The molecular weight excluding hydrogens is 506 g/mol. The fourth-order valence-corrected chi connectivity index (χ4v) is 4.88. The van der Waals surface area contributed by atoms with Crippen LogP contribution < -0.4 is 18.9 Å². The van der Waals surface area contributed by atoms with Crippen LogP contribution in [0.3, 0.4) is 0 Å². The molecule has 1 heterocycles. The molecule has 0 spiro atoms. The maximum absolute atomic E-state index is 13.6. The summed E-state index contributed by atoms with van der Waals surface area (Å²) in [6.07, 6.45) is -10.0. The second-order valence-corrected chi connectivity index (χ2v) is 9.46. The molecule has 0 aliphatic carbocycles. The Morgan fingerprint density at radius 1 is 0.914 bits per heavy atom. The largest absolute Gasteiger partial charge is 0.493 e. The number of sulfonamides is 1. The van der Waals surface area contributed by atoms with Crippen LogP contribution in [0.1, 0.15) is 17.5 Å². The summed E-state index contributed by atoms with van der Waals surface area (Å²) in [6.45, 7) is 0.950. The number of hydrogen-bond donors (Lipinski definition) is 1. The van der Waals surface area contributed by atoms with E-state index in [0.29, 0.717) is 37.7 Å². The minimum atomic E-state index is -5.09. The van der Waals surface area contributed by atoms with Gasteiger partial charge in [-0.2, -0.15) is 26.3 Å². The second kappa shape index (κ2) is 9.64. The number of alkyl halides is 6. The van der Waals surface area contributed by atoms with Gasteiger partial charge in [0.05, 0.1) is 31.0 Å². The van der Waals surface area contributed by atoms with E-state index in [2.05, 4.69) is 0 Å². The minimum Gasteiger partial charge on any atom is -0.493 e. The summed E-state index contributed by atoms with van der Waals surface area (Å²) in [4.78, 5) is 0.655. The van der Waals surface area contributed by atoms with Crippen molar-refractivity contribution in [3.63, 3.8) is 0 Å². The molecule has 0 aromatic heterocycles. The van der Waals surface area contributed by atoms with Gasteiger partial charge < -0.3 is 19.1 Å². The van der Waals surface area contributed by atoms with E-state index in [1.807, 2.05) is 9.62 Å². The molecule has 2 aromatic carbocycles. The lowest BCUT2D eigenvalue weighted by Gasteiger charge is -2.20. The number of nitrogens with zero attached hydrogens (tertiary/aromatic N) is 1. The van der Waals surface area contributed by atoms with Crippen LogP contribution in [0.5, 0.6) is 17.2 Å². The zero-order valence-electron chi connectivity index (χ0n) is 18.7. The third kappa shape index (κ3) is 6.04. The van der Waals surface area contributed by atoms with Gasteiger partial charge in [-0.25, -0.2) is 8.42 Å². The predicted octanol–water partition coefficient (Wildman–Crippen LogP) is 4.63. The molecule has 2 aromatic rings. The van der Waals surface area contributed by atoms with Gasteiger partial charge in [0.15, 0.2) is 11.5 Å². The Bertz CT molecular complexity index is 1180. The average molecular weight is 528 g/mol. The monoisotopic (exact) mass is 528 g/mol. The summed E-state index contributed by atoms with van der Waals surface area (Å²) in [5.74, 6) is -1.28. The van der Waals surface area contributed by atoms with Crippen LogP contribution in [-0.4, -0.2) is 53.8 Å². The molecule has 0 saturated carbocycles. The summed E-state index contributed by atoms with van der Waals surface area (Å²) in [5.41, 5.74) is -3.10. The van der Waals surface area contributed by atoms with Gasteiger partial charge in [0.2, 0.25) is 0 Å². The van der Waals surface area contributed by atoms with Crippen molar-refractivity contribution in [2.24, 2.45) is 0 Å². The molecular formula is C21H22F6N2O5S. The fraction of sp³-hybridized carbons (Fsp3) is 0.429. The van der Waals surface area contributed by atoms with Gasteiger partial charge in [0.1, 0.15) is 16.7 Å². The highest BCUT2D eigenvalue weighted by atomic mass is 32.2. The van der Waals surface area contributed by atoms with Crippen LogP contribution in [0.15, 0.2) is 35.2 Å². The van der Waals surface area contributed by atoms with Gasteiger partial charge in [0, 0.05) is 25.2 Å². The first-order valence-electron chi connectivity index (χ1n) is 10.1. The first-order valence-corrected chi connectivity index (χ1v) is 11.6. The van der Waals surface area contributed by atoms with E-state index in [1.165, 1.54) is 0 Å². The first-order chi connectivity index (χ1) is 16.2. The molecule has 3 rings (SSSR count). The number of halogens is 6. The molecule has 0 unspecified atom stereocenters. The molecule has 1 saturated heterocycles. The molecule has 7 nitrogen and oxygen atoms in total.